The molecule has 1 saturated carbocycles. The number of carbonyl (C=O) groups excluding carboxylic acids is 1. The number of hydrogen-bond donors (Lipinski definition) is 1. The monoisotopic (exact) mass is 233 g/mol. The minimum absolute atomic E-state index is 0.284. The van der Waals surface area contributed by atoms with Gasteiger partial charge in [0.05, 0.1) is 12.7 Å². The molecule has 0 amide bonds. The molecule has 17 heavy (non-hydrogen) atoms. The minimum atomic E-state index is -0.284. The summed E-state index contributed by atoms with van der Waals surface area (Å²) in [7, 11) is 1.40. The normalized spacial score (nSPS) is 21.0. The average Bonchev–Trinajstić information content (AvgIpc) is 2.94. The van der Waals surface area contributed by atoms with E-state index < -0.39 is 0 Å². The van der Waals surface area contributed by atoms with Crippen LogP contribution in [0, 0.1) is 5.41 Å². The molecule has 1 aliphatic carbocycles. The smallest absolute Gasteiger partial charge is 0.337 e. The van der Waals surface area contributed by atoms with Crippen molar-refractivity contribution in [2.24, 2.45) is 5.41 Å². The number of hydrogen-bond acceptors (Lipinski definition) is 3. The zero-order chi connectivity index (χ0) is 12.5. The third kappa shape index (κ3) is 2.86. The average molecular weight is 233 g/mol. The van der Waals surface area contributed by atoms with Gasteiger partial charge in [-0.15, -0.1) is 0 Å². The molecule has 3 nitrogen and oxygen atoms in total. The van der Waals surface area contributed by atoms with E-state index in [1.165, 1.54) is 19.1 Å². The van der Waals surface area contributed by atoms with Crippen molar-refractivity contribution in [2.45, 2.75) is 32.9 Å². The summed E-state index contributed by atoms with van der Waals surface area (Å²) < 4.78 is 4.66. The molecule has 3 heteroatoms. The van der Waals surface area contributed by atoms with Gasteiger partial charge in [0, 0.05) is 12.6 Å². The summed E-state index contributed by atoms with van der Waals surface area (Å²) in [6, 6.07) is 8.17. The van der Waals surface area contributed by atoms with Crippen LogP contribution in [-0.2, 0) is 11.3 Å². The summed E-state index contributed by atoms with van der Waals surface area (Å²) in [5, 5.41) is 3.51. The van der Waals surface area contributed by atoms with E-state index in [2.05, 4.69) is 23.9 Å². The summed E-state index contributed by atoms with van der Waals surface area (Å²) in [5.74, 6) is -0.284. The number of nitrogens with one attached hydrogen (secondary N) is 1. The molecular weight excluding hydrogens is 214 g/mol. The molecule has 1 atom stereocenters. The van der Waals surface area contributed by atoms with Crippen molar-refractivity contribution in [1.29, 1.82) is 0 Å². The Kier molecular flexibility index (Phi) is 3.20. The number of esters is 1. The summed E-state index contributed by atoms with van der Waals surface area (Å²) in [5.41, 5.74) is 2.25. The molecule has 0 aromatic heterocycles. The zero-order valence-corrected chi connectivity index (χ0v) is 10.6. The molecule has 0 aliphatic heterocycles. The number of benzene rings is 1. The van der Waals surface area contributed by atoms with Crippen LogP contribution in [0.1, 0.15) is 36.2 Å². The first-order chi connectivity index (χ1) is 8.03. The second kappa shape index (κ2) is 4.49. The lowest BCUT2D eigenvalue weighted by Gasteiger charge is -2.07. The van der Waals surface area contributed by atoms with Crippen LogP contribution in [0.4, 0.5) is 0 Å². The van der Waals surface area contributed by atoms with E-state index in [1.54, 1.807) is 12.1 Å². The zero-order valence-electron chi connectivity index (χ0n) is 10.6. The van der Waals surface area contributed by atoms with Crippen LogP contribution in [0.25, 0.3) is 0 Å². The van der Waals surface area contributed by atoms with Gasteiger partial charge in [0.1, 0.15) is 0 Å². The Bertz CT molecular complexity index is 409. The molecule has 1 aliphatic rings. The van der Waals surface area contributed by atoms with E-state index in [1.807, 2.05) is 12.1 Å². The Labute approximate surface area is 102 Å². The van der Waals surface area contributed by atoms with Gasteiger partial charge in [-0.3, -0.25) is 0 Å². The van der Waals surface area contributed by atoms with E-state index in [4.69, 9.17) is 0 Å². The highest BCUT2D eigenvalue weighted by Crippen LogP contribution is 2.44. The van der Waals surface area contributed by atoms with Crippen molar-refractivity contribution in [3.63, 3.8) is 0 Å². The maximum Gasteiger partial charge on any atom is 0.337 e. The van der Waals surface area contributed by atoms with E-state index in [-0.39, 0.29) is 5.97 Å². The summed E-state index contributed by atoms with van der Waals surface area (Å²) >= 11 is 0. The Morgan fingerprint density at radius 3 is 2.47 bits per heavy atom. The van der Waals surface area contributed by atoms with Gasteiger partial charge >= 0.3 is 5.97 Å². The number of ether oxygens (including phenoxy) is 1. The van der Waals surface area contributed by atoms with Gasteiger partial charge in [-0.25, -0.2) is 4.79 Å². The second-order valence-electron chi connectivity index (χ2n) is 5.31. The largest absolute Gasteiger partial charge is 0.465 e. The Balaban J connectivity index is 1.88. The van der Waals surface area contributed by atoms with E-state index in [0.29, 0.717) is 17.0 Å². The van der Waals surface area contributed by atoms with E-state index in [9.17, 15) is 4.79 Å². The van der Waals surface area contributed by atoms with Crippen molar-refractivity contribution < 1.29 is 9.53 Å². The Hall–Kier alpha value is -1.35. The van der Waals surface area contributed by atoms with Crippen LogP contribution in [0.15, 0.2) is 24.3 Å². The molecule has 1 aromatic carbocycles. The fourth-order valence-electron chi connectivity index (χ4n) is 1.93. The SMILES string of the molecule is COC(=O)c1ccc(CNC2CC2(C)C)cc1. The summed E-state index contributed by atoms with van der Waals surface area (Å²) in [6.45, 7) is 5.39. The molecule has 1 aromatic rings. The predicted octanol–water partition coefficient (Wildman–Crippen LogP) is 2.36. The Morgan fingerprint density at radius 1 is 1.41 bits per heavy atom. The molecule has 2 rings (SSSR count). The lowest BCUT2D eigenvalue weighted by molar-refractivity contribution is 0.0600. The first kappa shape index (κ1) is 12.1. The maximum absolute atomic E-state index is 11.2. The summed E-state index contributed by atoms with van der Waals surface area (Å²) in [4.78, 5) is 11.2. The highest BCUT2D eigenvalue weighted by atomic mass is 16.5. The lowest BCUT2D eigenvalue weighted by atomic mass is 10.1. The fraction of sp³-hybridized carbons (Fsp3) is 0.500. The molecular formula is C14H19NO2. The van der Waals surface area contributed by atoms with Crippen LogP contribution >= 0.6 is 0 Å². The predicted molar refractivity (Wildman–Crippen MR) is 66.8 cm³/mol. The van der Waals surface area contributed by atoms with Gasteiger partial charge < -0.3 is 10.1 Å². The van der Waals surface area contributed by atoms with Gasteiger partial charge in [0.25, 0.3) is 0 Å². The summed E-state index contributed by atoms with van der Waals surface area (Å²) in [6.07, 6.45) is 1.24. The molecule has 0 heterocycles. The molecule has 0 radical (unpaired) electrons. The van der Waals surface area contributed by atoms with E-state index in [0.717, 1.165) is 6.54 Å². The van der Waals surface area contributed by atoms with Crippen molar-refractivity contribution in [1.82, 2.24) is 5.32 Å². The third-order valence-electron chi connectivity index (χ3n) is 3.44. The first-order valence-corrected chi connectivity index (χ1v) is 5.93. The topological polar surface area (TPSA) is 38.3 Å². The molecule has 0 bridgehead atoms. The van der Waals surface area contributed by atoms with E-state index >= 15 is 0 Å². The van der Waals surface area contributed by atoms with Crippen LogP contribution in [-0.4, -0.2) is 19.1 Å². The van der Waals surface area contributed by atoms with Crippen molar-refractivity contribution in [3.8, 4) is 0 Å². The first-order valence-electron chi connectivity index (χ1n) is 5.93. The number of carbonyl (C=O) groups is 1. The van der Waals surface area contributed by atoms with Gasteiger partial charge in [-0.2, -0.15) is 0 Å². The number of methoxy groups -OCH3 is 1. The molecule has 1 N–H and O–H groups in total. The highest BCUT2D eigenvalue weighted by molar-refractivity contribution is 5.89. The van der Waals surface area contributed by atoms with Crippen LogP contribution in [0.3, 0.4) is 0 Å². The van der Waals surface area contributed by atoms with Crippen LogP contribution in [0.5, 0.6) is 0 Å². The minimum Gasteiger partial charge on any atom is -0.465 e. The Morgan fingerprint density at radius 2 is 2.00 bits per heavy atom. The van der Waals surface area contributed by atoms with Gasteiger partial charge in [-0.05, 0) is 29.5 Å². The van der Waals surface area contributed by atoms with Gasteiger partial charge in [-0.1, -0.05) is 26.0 Å². The molecule has 1 fully saturated rings. The molecule has 0 saturated heterocycles. The van der Waals surface area contributed by atoms with Gasteiger partial charge in [0.15, 0.2) is 0 Å². The van der Waals surface area contributed by atoms with Crippen molar-refractivity contribution in [3.05, 3.63) is 35.4 Å². The standard InChI is InChI=1S/C14H19NO2/c1-14(2)8-12(14)15-9-10-4-6-11(7-5-10)13(16)17-3/h4-7,12,15H,8-9H2,1-3H3. The highest BCUT2D eigenvalue weighted by Gasteiger charge is 2.44. The third-order valence-corrected chi connectivity index (χ3v) is 3.44. The fourth-order valence-corrected chi connectivity index (χ4v) is 1.93. The quantitative estimate of drug-likeness (QED) is 0.811. The van der Waals surface area contributed by atoms with Crippen LogP contribution < -0.4 is 5.32 Å². The van der Waals surface area contributed by atoms with Gasteiger partial charge in [0.2, 0.25) is 0 Å². The van der Waals surface area contributed by atoms with Crippen LogP contribution in [0.2, 0.25) is 0 Å². The second-order valence-corrected chi connectivity index (χ2v) is 5.31. The lowest BCUT2D eigenvalue weighted by Crippen LogP contribution is -2.19. The molecule has 92 valence electrons. The molecule has 1 unspecified atom stereocenters. The van der Waals surface area contributed by atoms with Crippen molar-refractivity contribution in [2.75, 3.05) is 7.11 Å². The maximum atomic E-state index is 11.2. The number of rotatable bonds is 4. The molecule has 0 spiro atoms. The van der Waals surface area contributed by atoms with Crippen molar-refractivity contribution >= 4 is 5.97 Å².